The summed E-state index contributed by atoms with van der Waals surface area (Å²) < 4.78 is 0. The van der Waals surface area contributed by atoms with E-state index in [-0.39, 0.29) is 5.92 Å². The zero-order chi connectivity index (χ0) is 11.4. The molecular formula is C14H19N. The van der Waals surface area contributed by atoms with Gasteiger partial charge in [0.15, 0.2) is 0 Å². The van der Waals surface area contributed by atoms with E-state index < -0.39 is 0 Å². The summed E-state index contributed by atoms with van der Waals surface area (Å²) in [7, 11) is 0. The normalized spacial score (nSPS) is 12.5. The molecule has 1 atom stereocenters. The van der Waals surface area contributed by atoms with Gasteiger partial charge in [-0.15, -0.1) is 0 Å². The Morgan fingerprint density at radius 3 is 2.33 bits per heavy atom. The van der Waals surface area contributed by atoms with Gasteiger partial charge in [0, 0.05) is 0 Å². The van der Waals surface area contributed by atoms with Gasteiger partial charge < -0.3 is 0 Å². The lowest BCUT2D eigenvalue weighted by Crippen LogP contribution is -2.09. The van der Waals surface area contributed by atoms with E-state index in [4.69, 9.17) is 5.26 Å². The number of hydrogen-bond acceptors (Lipinski definition) is 1. The molecule has 0 saturated carbocycles. The minimum absolute atomic E-state index is 0.132. The highest BCUT2D eigenvalue weighted by Gasteiger charge is 2.12. The molecule has 1 rings (SSSR count). The first-order chi connectivity index (χ1) is 7.04. The van der Waals surface area contributed by atoms with Crippen LogP contribution >= 0.6 is 0 Å². The summed E-state index contributed by atoms with van der Waals surface area (Å²) in [6, 6.07) is 8.85. The van der Waals surface area contributed by atoms with Gasteiger partial charge in [-0.3, -0.25) is 0 Å². The van der Waals surface area contributed by atoms with Crippen LogP contribution in [0.5, 0.6) is 0 Å². The maximum Gasteiger partial charge on any atom is 0.0661 e. The summed E-state index contributed by atoms with van der Waals surface area (Å²) in [5.74, 6) is 0.559. The third kappa shape index (κ3) is 3.09. The fourth-order valence-electron chi connectivity index (χ4n) is 1.61. The average molecular weight is 201 g/mol. The number of aryl methyl sites for hydroxylation is 2. The zero-order valence-corrected chi connectivity index (χ0v) is 10.0. The van der Waals surface area contributed by atoms with Crippen molar-refractivity contribution in [3.63, 3.8) is 0 Å². The molecule has 0 spiro atoms. The van der Waals surface area contributed by atoms with Gasteiger partial charge in [-0.25, -0.2) is 0 Å². The Balaban J connectivity index is 2.81. The fourth-order valence-corrected chi connectivity index (χ4v) is 1.61. The molecule has 80 valence electrons. The van der Waals surface area contributed by atoms with E-state index in [2.05, 4.69) is 52.0 Å². The second-order valence-corrected chi connectivity index (χ2v) is 4.60. The number of hydrogen-bond donors (Lipinski definition) is 0. The van der Waals surface area contributed by atoms with Gasteiger partial charge in [0.2, 0.25) is 0 Å². The average Bonchev–Trinajstić information content (AvgIpc) is 2.19. The van der Waals surface area contributed by atoms with Crippen molar-refractivity contribution in [3.8, 4) is 6.07 Å². The minimum atomic E-state index is 0.132. The summed E-state index contributed by atoms with van der Waals surface area (Å²) in [5, 5.41) is 9.03. The van der Waals surface area contributed by atoms with Crippen molar-refractivity contribution < 1.29 is 0 Å². The molecule has 1 aromatic carbocycles. The molecule has 0 aromatic heterocycles. The Bertz CT molecular complexity index is 371. The topological polar surface area (TPSA) is 23.8 Å². The van der Waals surface area contributed by atoms with Crippen LogP contribution in [0.3, 0.4) is 0 Å². The van der Waals surface area contributed by atoms with E-state index in [1.807, 2.05) is 0 Å². The highest BCUT2D eigenvalue weighted by atomic mass is 14.3. The minimum Gasteiger partial charge on any atom is -0.198 e. The standard InChI is InChI=1S/C14H19N/c1-10(2)14(9-15)8-13-6-5-11(3)12(4)7-13/h5-7,10,14H,8H2,1-4H3. The Hall–Kier alpha value is -1.29. The molecule has 0 amide bonds. The van der Waals surface area contributed by atoms with Crippen LogP contribution in [-0.4, -0.2) is 0 Å². The van der Waals surface area contributed by atoms with E-state index in [1.165, 1.54) is 16.7 Å². The van der Waals surface area contributed by atoms with Crippen molar-refractivity contribution in [2.24, 2.45) is 11.8 Å². The Kier molecular flexibility index (Phi) is 3.91. The molecule has 15 heavy (non-hydrogen) atoms. The van der Waals surface area contributed by atoms with Crippen LogP contribution in [0.2, 0.25) is 0 Å². The van der Waals surface area contributed by atoms with E-state index in [0.717, 1.165) is 6.42 Å². The highest BCUT2D eigenvalue weighted by molar-refractivity contribution is 5.30. The van der Waals surface area contributed by atoms with Crippen molar-refractivity contribution in [3.05, 3.63) is 34.9 Å². The van der Waals surface area contributed by atoms with E-state index >= 15 is 0 Å². The maximum atomic E-state index is 9.03. The summed E-state index contributed by atoms with van der Waals surface area (Å²) >= 11 is 0. The quantitative estimate of drug-likeness (QED) is 0.732. The molecular weight excluding hydrogens is 182 g/mol. The van der Waals surface area contributed by atoms with Gasteiger partial charge in [-0.2, -0.15) is 5.26 Å². The summed E-state index contributed by atoms with van der Waals surface area (Å²) in [5.41, 5.74) is 3.91. The summed E-state index contributed by atoms with van der Waals surface area (Å²) in [4.78, 5) is 0. The van der Waals surface area contributed by atoms with Gasteiger partial charge in [-0.05, 0) is 42.9 Å². The highest BCUT2D eigenvalue weighted by Crippen LogP contribution is 2.18. The lowest BCUT2D eigenvalue weighted by Gasteiger charge is -2.13. The number of nitriles is 1. The van der Waals surface area contributed by atoms with E-state index in [0.29, 0.717) is 5.92 Å². The summed E-state index contributed by atoms with van der Waals surface area (Å²) in [6.07, 6.45) is 0.870. The lowest BCUT2D eigenvalue weighted by molar-refractivity contribution is 0.474. The first kappa shape index (κ1) is 11.8. The summed E-state index contributed by atoms with van der Waals surface area (Å²) in [6.45, 7) is 8.45. The molecule has 0 bridgehead atoms. The van der Waals surface area contributed by atoms with Crippen molar-refractivity contribution >= 4 is 0 Å². The van der Waals surface area contributed by atoms with Crippen LogP contribution in [0, 0.1) is 37.0 Å². The van der Waals surface area contributed by atoms with Crippen molar-refractivity contribution in [2.45, 2.75) is 34.1 Å². The molecule has 0 heterocycles. The van der Waals surface area contributed by atoms with Crippen LogP contribution in [0.4, 0.5) is 0 Å². The van der Waals surface area contributed by atoms with Gasteiger partial charge in [0.25, 0.3) is 0 Å². The molecule has 0 radical (unpaired) electrons. The Morgan fingerprint density at radius 2 is 1.87 bits per heavy atom. The maximum absolute atomic E-state index is 9.03. The zero-order valence-electron chi connectivity index (χ0n) is 10.0. The van der Waals surface area contributed by atoms with E-state index in [1.54, 1.807) is 0 Å². The fraction of sp³-hybridized carbons (Fsp3) is 0.500. The third-order valence-corrected chi connectivity index (χ3v) is 3.00. The molecule has 0 aliphatic heterocycles. The van der Waals surface area contributed by atoms with Crippen LogP contribution in [0.25, 0.3) is 0 Å². The van der Waals surface area contributed by atoms with Crippen LogP contribution in [-0.2, 0) is 6.42 Å². The molecule has 1 aromatic rings. The lowest BCUT2D eigenvalue weighted by atomic mass is 9.89. The van der Waals surface area contributed by atoms with Gasteiger partial charge in [0.05, 0.1) is 12.0 Å². The molecule has 0 saturated heterocycles. The van der Waals surface area contributed by atoms with E-state index in [9.17, 15) is 0 Å². The smallest absolute Gasteiger partial charge is 0.0661 e. The second-order valence-electron chi connectivity index (χ2n) is 4.60. The monoisotopic (exact) mass is 201 g/mol. The first-order valence-corrected chi connectivity index (χ1v) is 5.50. The predicted molar refractivity (Wildman–Crippen MR) is 63.6 cm³/mol. The van der Waals surface area contributed by atoms with Crippen LogP contribution < -0.4 is 0 Å². The molecule has 1 heteroatoms. The van der Waals surface area contributed by atoms with Crippen molar-refractivity contribution in [2.75, 3.05) is 0 Å². The molecule has 0 aliphatic rings. The molecule has 0 aliphatic carbocycles. The van der Waals surface area contributed by atoms with Gasteiger partial charge in [-0.1, -0.05) is 32.0 Å². The molecule has 1 unspecified atom stereocenters. The number of benzene rings is 1. The largest absolute Gasteiger partial charge is 0.198 e. The predicted octanol–water partition coefficient (Wildman–Crippen LogP) is 3.64. The van der Waals surface area contributed by atoms with Crippen molar-refractivity contribution in [1.82, 2.24) is 0 Å². The Morgan fingerprint density at radius 1 is 1.20 bits per heavy atom. The number of nitrogens with zero attached hydrogens (tertiary/aromatic N) is 1. The van der Waals surface area contributed by atoms with Gasteiger partial charge >= 0.3 is 0 Å². The SMILES string of the molecule is Cc1ccc(CC(C#N)C(C)C)cc1C. The first-order valence-electron chi connectivity index (χ1n) is 5.50. The Labute approximate surface area is 92.7 Å². The molecule has 0 N–H and O–H groups in total. The van der Waals surface area contributed by atoms with Gasteiger partial charge in [0.1, 0.15) is 0 Å². The number of rotatable bonds is 3. The third-order valence-electron chi connectivity index (χ3n) is 3.00. The van der Waals surface area contributed by atoms with Crippen molar-refractivity contribution in [1.29, 1.82) is 5.26 Å². The van der Waals surface area contributed by atoms with Crippen LogP contribution in [0.15, 0.2) is 18.2 Å². The van der Waals surface area contributed by atoms with Crippen LogP contribution in [0.1, 0.15) is 30.5 Å². The molecule has 0 fully saturated rings. The molecule has 1 nitrogen and oxygen atoms in total. The second kappa shape index (κ2) is 4.98.